The van der Waals surface area contributed by atoms with Crippen molar-refractivity contribution in [3.63, 3.8) is 0 Å². The highest BCUT2D eigenvalue weighted by Crippen LogP contribution is 2.65. The smallest absolute Gasteiger partial charge is 0.235 e. The lowest BCUT2D eigenvalue weighted by Gasteiger charge is -2.35. The number of hydrazine groups is 1. The van der Waals surface area contributed by atoms with Crippen molar-refractivity contribution in [3.8, 4) is 5.75 Å². The van der Waals surface area contributed by atoms with E-state index in [1.165, 1.54) is 24.0 Å². The molecule has 3 aliphatic heterocycles. The highest BCUT2D eigenvalue weighted by atomic mass is 16.5. The number of nitrogens with one attached hydrogen (secondary N) is 3. The average Bonchev–Trinajstić information content (AvgIpc) is 3.48. The van der Waals surface area contributed by atoms with Crippen LogP contribution in [0.4, 0.5) is 5.69 Å². The Hall–Kier alpha value is -2.71. The van der Waals surface area contributed by atoms with E-state index in [4.69, 9.17) is 9.47 Å². The van der Waals surface area contributed by atoms with Gasteiger partial charge in [0.2, 0.25) is 5.91 Å². The molecule has 2 aliphatic carbocycles. The van der Waals surface area contributed by atoms with E-state index in [-0.39, 0.29) is 11.3 Å². The second-order valence-electron chi connectivity index (χ2n) is 12.9. The van der Waals surface area contributed by atoms with Crippen LogP contribution in [0.3, 0.4) is 0 Å². The number of carbonyl (C=O) groups is 1. The second kappa shape index (κ2) is 10.3. The van der Waals surface area contributed by atoms with Crippen LogP contribution >= 0.6 is 0 Å². The third kappa shape index (κ3) is 4.67. The number of amides is 1. The Morgan fingerprint density at radius 2 is 1.88 bits per heavy atom. The van der Waals surface area contributed by atoms with Crippen LogP contribution < -0.4 is 20.9 Å². The Morgan fingerprint density at radius 3 is 2.65 bits per heavy atom. The summed E-state index contributed by atoms with van der Waals surface area (Å²) in [5.74, 6) is 2.57. The van der Waals surface area contributed by atoms with Crippen molar-refractivity contribution in [1.29, 1.82) is 0 Å². The zero-order valence-electron chi connectivity index (χ0n) is 23.9. The Balaban J connectivity index is 0.953. The van der Waals surface area contributed by atoms with Crippen LogP contribution in [0.2, 0.25) is 0 Å². The summed E-state index contributed by atoms with van der Waals surface area (Å²) in [7, 11) is 1.69. The number of fused-ring (bicyclic) bond motifs is 3. The number of hydrogen-bond donors (Lipinski definition) is 3. The van der Waals surface area contributed by atoms with Crippen LogP contribution in [-0.2, 0) is 21.5 Å². The topological polar surface area (TPSA) is 74.9 Å². The minimum atomic E-state index is -0.350. The van der Waals surface area contributed by atoms with E-state index < -0.39 is 0 Å². The number of hydrogen-bond acceptors (Lipinski definition) is 6. The fraction of sp³-hybridized carbons (Fsp3) is 0.545. The number of rotatable bonds is 6. The zero-order chi connectivity index (χ0) is 27.4. The molecular formula is C33H42N4O3. The van der Waals surface area contributed by atoms with Gasteiger partial charge in [-0.3, -0.25) is 20.5 Å². The first kappa shape index (κ1) is 26.2. The van der Waals surface area contributed by atoms with Gasteiger partial charge in [-0.2, -0.15) is 0 Å². The largest absolute Gasteiger partial charge is 0.497 e. The minimum Gasteiger partial charge on any atom is -0.497 e. The molecule has 7 rings (SSSR count). The molecule has 2 saturated carbocycles. The molecule has 8 atom stereocenters. The summed E-state index contributed by atoms with van der Waals surface area (Å²) >= 11 is 0. The van der Waals surface area contributed by atoms with E-state index in [0.717, 1.165) is 49.5 Å². The molecule has 2 saturated heterocycles. The van der Waals surface area contributed by atoms with Gasteiger partial charge < -0.3 is 14.8 Å². The summed E-state index contributed by atoms with van der Waals surface area (Å²) in [5.41, 5.74) is 11.5. The molecular weight excluding hydrogens is 500 g/mol. The van der Waals surface area contributed by atoms with Crippen LogP contribution in [0.5, 0.6) is 5.75 Å². The Bertz CT molecular complexity index is 1290. The third-order valence-electron chi connectivity index (χ3n) is 10.2. The fourth-order valence-corrected chi connectivity index (χ4v) is 8.22. The highest BCUT2D eigenvalue weighted by molar-refractivity contribution is 6.09. The van der Waals surface area contributed by atoms with Crippen molar-refractivity contribution in [2.75, 3.05) is 25.5 Å². The van der Waals surface area contributed by atoms with Crippen molar-refractivity contribution < 1.29 is 14.3 Å². The van der Waals surface area contributed by atoms with Crippen molar-refractivity contribution in [3.05, 3.63) is 65.2 Å². The summed E-state index contributed by atoms with van der Waals surface area (Å²) in [6.45, 7) is 7.28. The van der Waals surface area contributed by atoms with Gasteiger partial charge in [-0.1, -0.05) is 36.4 Å². The van der Waals surface area contributed by atoms with Gasteiger partial charge in [0.1, 0.15) is 5.75 Å². The van der Waals surface area contributed by atoms with Gasteiger partial charge in [-0.15, -0.1) is 0 Å². The van der Waals surface area contributed by atoms with Gasteiger partial charge in [0.15, 0.2) is 0 Å². The maximum absolute atomic E-state index is 13.1. The molecule has 5 unspecified atom stereocenters. The number of ether oxygens (including phenoxy) is 2. The average molecular weight is 543 g/mol. The molecule has 40 heavy (non-hydrogen) atoms. The number of morpholine rings is 1. The first-order chi connectivity index (χ1) is 19.4. The molecule has 7 nitrogen and oxygen atoms in total. The Kier molecular flexibility index (Phi) is 6.74. The van der Waals surface area contributed by atoms with Crippen LogP contribution in [0.25, 0.3) is 6.08 Å². The SMILES string of the molecule is COc1ccc2c(c1)[C@]1(CC1C1CCC3C(/C=C/c4ccc(CN5C[C@@H](C)O[C@@H](C)C5)cc4)NNC3C1)C(=O)N2. The van der Waals surface area contributed by atoms with Crippen LogP contribution in [0.15, 0.2) is 48.5 Å². The molecule has 4 fully saturated rings. The molecule has 0 bridgehead atoms. The first-order valence-corrected chi connectivity index (χ1v) is 15.1. The molecule has 0 aromatic heterocycles. The monoisotopic (exact) mass is 542 g/mol. The maximum atomic E-state index is 13.1. The predicted octanol–water partition coefficient (Wildman–Crippen LogP) is 4.49. The number of methoxy groups -OCH3 is 1. The van der Waals surface area contributed by atoms with Crippen LogP contribution in [0.1, 0.15) is 56.2 Å². The van der Waals surface area contributed by atoms with Crippen molar-refractivity contribution in [2.45, 2.75) is 75.8 Å². The molecule has 2 aromatic carbocycles. The summed E-state index contributed by atoms with van der Waals surface area (Å²) in [4.78, 5) is 15.6. The van der Waals surface area contributed by atoms with E-state index in [9.17, 15) is 4.79 Å². The molecule has 3 heterocycles. The molecule has 0 radical (unpaired) electrons. The van der Waals surface area contributed by atoms with Gasteiger partial charge >= 0.3 is 0 Å². The Labute approximate surface area is 237 Å². The molecule has 7 heteroatoms. The third-order valence-corrected chi connectivity index (χ3v) is 10.2. The lowest BCUT2D eigenvalue weighted by atomic mass is 9.73. The van der Waals surface area contributed by atoms with Gasteiger partial charge in [-0.25, -0.2) is 0 Å². The number of benzene rings is 2. The van der Waals surface area contributed by atoms with Gasteiger partial charge in [0, 0.05) is 37.4 Å². The lowest BCUT2D eigenvalue weighted by molar-refractivity contribution is -0.118. The number of carbonyl (C=O) groups excluding carboxylic acids is 1. The molecule has 1 spiro atoms. The standard InChI is InChI=1S/C33H42N4O3/c1-20-17-37(18-21(2)40-20)19-23-6-4-22(5-7-23)8-12-29-26-11-9-24(14-31(26)36-35-29)28-16-33(28)27-15-25(39-3)10-13-30(27)34-32(33)38/h4-8,10,12-13,15,20-21,24,26,28-29,31,35-36H,9,11,14,16-19H2,1-3H3,(H,34,38)/b12-8+/t20-,21+,24?,26?,28?,29?,31?,33-/m0/s1. The quantitative estimate of drug-likeness (QED) is 0.500. The van der Waals surface area contributed by atoms with Crippen molar-refractivity contribution in [1.82, 2.24) is 15.8 Å². The molecule has 5 aliphatic rings. The molecule has 212 valence electrons. The van der Waals surface area contributed by atoms with E-state index in [1.807, 2.05) is 12.1 Å². The zero-order valence-corrected chi connectivity index (χ0v) is 23.9. The number of anilines is 1. The van der Waals surface area contributed by atoms with Gasteiger partial charge in [-0.05, 0) is 92.2 Å². The van der Waals surface area contributed by atoms with Gasteiger partial charge in [0.25, 0.3) is 0 Å². The fourth-order valence-electron chi connectivity index (χ4n) is 8.22. The molecule has 1 amide bonds. The summed E-state index contributed by atoms with van der Waals surface area (Å²) in [6.07, 6.45) is 9.63. The number of nitrogens with zero attached hydrogens (tertiary/aromatic N) is 1. The van der Waals surface area contributed by atoms with Crippen molar-refractivity contribution >= 4 is 17.7 Å². The Morgan fingerprint density at radius 1 is 1.07 bits per heavy atom. The summed E-state index contributed by atoms with van der Waals surface area (Å²) in [6, 6.07) is 15.8. The van der Waals surface area contributed by atoms with Crippen molar-refractivity contribution in [2.24, 2.45) is 17.8 Å². The maximum Gasteiger partial charge on any atom is 0.235 e. The first-order valence-electron chi connectivity index (χ1n) is 15.1. The second-order valence-corrected chi connectivity index (χ2v) is 12.9. The van der Waals surface area contributed by atoms with E-state index in [1.54, 1.807) is 7.11 Å². The van der Waals surface area contributed by atoms with E-state index >= 15 is 0 Å². The summed E-state index contributed by atoms with van der Waals surface area (Å²) < 4.78 is 11.4. The lowest BCUT2D eigenvalue weighted by Crippen LogP contribution is -2.44. The summed E-state index contributed by atoms with van der Waals surface area (Å²) in [5, 5.41) is 3.14. The highest BCUT2D eigenvalue weighted by Gasteiger charge is 2.67. The normalized spacial score (nSPS) is 37.0. The van der Waals surface area contributed by atoms with E-state index in [2.05, 4.69) is 77.4 Å². The van der Waals surface area contributed by atoms with Crippen LogP contribution in [0, 0.1) is 17.8 Å². The van der Waals surface area contributed by atoms with E-state index in [0.29, 0.717) is 42.0 Å². The van der Waals surface area contributed by atoms with Gasteiger partial charge in [0.05, 0.1) is 24.7 Å². The molecule has 3 N–H and O–H groups in total. The predicted molar refractivity (Wildman–Crippen MR) is 157 cm³/mol. The molecule has 2 aromatic rings. The van der Waals surface area contributed by atoms with Crippen LogP contribution in [-0.4, -0.2) is 55.3 Å². The minimum absolute atomic E-state index is 0.182.